The quantitative estimate of drug-likeness (QED) is 0.905. The molecular formula is C17H21FN2. The topological polar surface area (TPSA) is 29.3 Å². The lowest BCUT2D eigenvalue weighted by molar-refractivity contribution is 0.619. The number of benzene rings is 2. The van der Waals surface area contributed by atoms with Crippen molar-refractivity contribution in [2.75, 3.05) is 18.5 Å². The van der Waals surface area contributed by atoms with Gasteiger partial charge in [-0.2, -0.15) is 0 Å². The number of rotatable bonds is 5. The Kier molecular flexibility index (Phi) is 4.74. The van der Waals surface area contributed by atoms with E-state index in [1.165, 1.54) is 11.1 Å². The maximum Gasteiger partial charge on any atom is 0.146 e. The molecule has 2 aromatic rings. The SMILES string of the molecule is Cc1ccccc1CN(C)c1ccc(CCN)cc1F. The third kappa shape index (κ3) is 3.36. The van der Waals surface area contributed by atoms with Crippen molar-refractivity contribution in [2.24, 2.45) is 5.73 Å². The van der Waals surface area contributed by atoms with Crippen molar-refractivity contribution >= 4 is 5.69 Å². The van der Waals surface area contributed by atoms with E-state index in [1.807, 2.05) is 36.2 Å². The normalized spacial score (nSPS) is 10.6. The van der Waals surface area contributed by atoms with Crippen LogP contribution in [0.2, 0.25) is 0 Å². The molecule has 2 aromatic carbocycles. The van der Waals surface area contributed by atoms with Gasteiger partial charge in [0.2, 0.25) is 0 Å². The first kappa shape index (κ1) is 14.5. The minimum atomic E-state index is -0.188. The maximum absolute atomic E-state index is 14.1. The monoisotopic (exact) mass is 272 g/mol. The fourth-order valence-corrected chi connectivity index (χ4v) is 2.31. The highest BCUT2D eigenvalue weighted by Gasteiger charge is 2.09. The zero-order valence-corrected chi connectivity index (χ0v) is 12.1. The molecule has 0 aliphatic heterocycles. The van der Waals surface area contributed by atoms with Crippen LogP contribution in [0.1, 0.15) is 16.7 Å². The first-order valence-corrected chi connectivity index (χ1v) is 6.86. The molecule has 2 N–H and O–H groups in total. The largest absolute Gasteiger partial charge is 0.368 e. The Morgan fingerprint density at radius 2 is 1.90 bits per heavy atom. The van der Waals surface area contributed by atoms with Gasteiger partial charge in [-0.05, 0) is 48.7 Å². The molecular weight excluding hydrogens is 251 g/mol. The van der Waals surface area contributed by atoms with Crippen LogP contribution in [-0.4, -0.2) is 13.6 Å². The van der Waals surface area contributed by atoms with Crippen molar-refractivity contribution in [1.29, 1.82) is 0 Å². The van der Waals surface area contributed by atoms with Gasteiger partial charge in [0.1, 0.15) is 5.82 Å². The number of nitrogens with zero attached hydrogens (tertiary/aromatic N) is 1. The Hall–Kier alpha value is -1.87. The number of hydrogen-bond acceptors (Lipinski definition) is 2. The summed E-state index contributed by atoms with van der Waals surface area (Å²) in [6.45, 7) is 3.31. The van der Waals surface area contributed by atoms with Gasteiger partial charge >= 0.3 is 0 Å². The fraction of sp³-hybridized carbons (Fsp3) is 0.294. The van der Waals surface area contributed by atoms with Crippen molar-refractivity contribution in [3.8, 4) is 0 Å². The Morgan fingerprint density at radius 3 is 2.55 bits per heavy atom. The van der Waals surface area contributed by atoms with E-state index < -0.39 is 0 Å². The average Bonchev–Trinajstić information content (AvgIpc) is 2.42. The van der Waals surface area contributed by atoms with Crippen LogP contribution in [0.4, 0.5) is 10.1 Å². The van der Waals surface area contributed by atoms with Crippen LogP contribution in [0, 0.1) is 12.7 Å². The number of nitrogens with two attached hydrogens (primary N) is 1. The fourth-order valence-electron chi connectivity index (χ4n) is 2.31. The lowest BCUT2D eigenvalue weighted by Gasteiger charge is -2.21. The van der Waals surface area contributed by atoms with Gasteiger partial charge in [0.25, 0.3) is 0 Å². The second kappa shape index (κ2) is 6.53. The molecule has 0 bridgehead atoms. The molecule has 0 aliphatic carbocycles. The molecule has 0 amide bonds. The highest BCUT2D eigenvalue weighted by molar-refractivity contribution is 5.49. The summed E-state index contributed by atoms with van der Waals surface area (Å²) in [5, 5.41) is 0. The van der Waals surface area contributed by atoms with Crippen molar-refractivity contribution < 1.29 is 4.39 Å². The molecule has 20 heavy (non-hydrogen) atoms. The standard InChI is InChI=1S/C17H21FN2/c1-13-5-3-4-6-15(13)12-20(2)17-8-7-14(9-10-19)11-16(17)18/h3-8,11H,9-10,12,19H2,1-2H3. The Labute approximate surface area is 120 Å². The summed E-state index contributed by atoms with van der Waals surface area (Å²) >= 11 is 0. The number of halogens is 1. The molecule has 0 atom stereocenters. The molecule has 0 saturated carbocycles. The van der Waals surface area contributed by atoms with Crippen molar-refractivity contribution in [2.45, 2.75) is 19.9 Å². The Bertz CT molecular complexity index is 581. The minimum absolute atomic E-state index is 0.188. The molecule has 0 spiro atoms. The zero-order chi connectivity index (χ0) is 14.5. The highest BCUT2D eigenvalue weighted by atomic mass is 19.1. The first-order valence-electron chi connectivity index (χ1n) is 6.86. The third-order valence-corrected chi connectivity index (χ3v) is 3.53. The van der Waals surface area contributed by atoms with Crippen LogP contribution >= 0.6 is 0 Å². The summed E-state index contributed by atoms with van der Waals surface area (Å²) in [7, 11) is 1.91. The van der Waals surface area contributed by atoms with Crippen LogP contribution in [0.3, 0.4) is 0 Å². The van der Waals surface area contributed by atoms with Crippen LogP contribution in [-0.2, 0) is 13.0 Å². The van der Waals surface area contributed by atoms with E-state index in [-0.39, 0.29) is 5.82 Å². The molecule has 0 aliphatic rings. The molecule has 0 fully saturated rings. The van der Waals surface area contributed by atoms with Crippen LogP contribution in [0.25, 0.3) is 0 Å². The van der Waals surface area contributed by atoms with Gasteiger partial charge in [0.05, 0.1) is 5.69 Å². The van der Waals surface area contributed by atoms with Gasteiger partial charge in [-0.15, -0.1) is 0 Å². The Morgan fingerprint density at radius 1 is 1.15 bits per heavy atom. The Balaban J connectivity index is 2.17. The highest BCUT2D eigenvalue weighted by Crippen LogP contribution is 2.22. The second-order valence-electron chi connectivity index (χ2n) is 5.11. The van der Waals surface area contributed by atoms with Gasteiger partial charge in [-0.3, -0.25) is 0 Å². The summed E-state index contributed by atoms with van der Waals surface area (Å²) in [5.41, 5.74) is 9.49. The molecule has 0 saturated heterocycles. The van der Waals surface area contributed by atoms with Crippen molar-refractivity contribution in [3.63, 3.8) is 0 Å². The maximum atomic E-state index is 14.1. The summed E-state index contributed by atoms with van der Waals surface area (Å²) < 4.78 is 14.1. The minimum Gasteiger partial charge on any atom is -0.368 e. The van der Waals surface area contributed by atoms with E-state index in [4.69, 9.17) is 5.73 Å². The summed E-state index contributed by atoms with van der Waals surface area (Å²) in [6, 6.07) is 13.5. The summed E-state index contributed by atoms with van der Waals surface area (Å²) in [5.74, 6) is -0.188. The van der Waals surface area contributed by atoms with Crippen molar-refractivity contribution in [1.82, 2.24) is 0 Å². The molecule has 106 valence electrons. The van der Waals surface area contributed by atoms with E-state index >= 15 is 0 Å². The lowest BCUT2D eigenvalue weighted by Crippen LogP contribution is -2.18. The van der Waals surface area contributed by atoms with Crippen LogP contribution < -0.4 is 10.6 Å². The van der Waals surface area contributed by atoms with Gasteiger partial charge in [0, 0.05) is 13.6 Å². The van der Waals surface area contributed by atoms with Gasteiger partial charge < -0.3 is 10.6 Å². The second-order valence-corrected chi connectivity index (χ2v) is 5.11. The summed E-state index contributed by atoms with van der Waals surface area (Å²) in [4.78, 5) is 1.93. The van der Waals surface area contributed by atoms with E-state index in [9.17, 15) is 4.39 Å². The molecule has 0 unspecified atom stereocenters. The van der Waals surface area contributed by atoms with E-state index in [0.29, 0.717) is 25.2 Å². The molecule has 0 heterocycles. The predicted molar refractivity (Wildman–Crippen MR) is 82.4 cm³/mol. The number of hydrogen-bond donors (Lipinski definition) is 1. The number of anilines is 1. The predicted octanol–water partition coefficient (Wildman–Crippen LogP) is 3.27. The molecule has 0 aromatic heterocycles. The lowest BCUT2D eigenvalue weighted by atomic mass is 10.1. The smallest absolute Gasteiger partial charge is 0.146 e. The van der Waals surface area contributed by atoms with Crippen LogP contribution in [0.5, 0.6) is 0 Å². The molecule has 0 radical (unpaired) electrons. The van der Waals surface area contributed by atoms with E-state index in [2.05, 4.69) is 19.1 Å². The van der Waals surface area contributed by atoms with Gasteiger partial charge in [-0.1, -0.05) is 30.3 Å². The van der Waals surface area contributed by atoms with Crippen LogP contribution in [0.15, 0.2) is 42.5 Å². The zero-order valence-electron chi connectivity index (χ0n) is 12.1. The molecule has 3 heteroatoms. The summed E-state index contributed by atoms with van der Waals surface area (Å²) in [6.07, 6.45) is 0.707. The van der Waals surface area contributed by atoms with Crippen molar-refractivity contribution in [3.05, 3.63) is 65.0 Å². The van der Waals surface area contributed by atoms with E-state index in [1.54, 1.807) is 6.07 Å². The van der Waals surface area contributed by atoms with Gasteiger partial charge in [-0.25, -0.2) is 4.39 Å². The third-order valence-electron chi connectivity index (χ3n) is 3.53. The van der Waals surface area contributed by atoms with Gasteiger partial charge in [0.15, 0.2) is 0 Å². The average molecular weight is 272 g/mol. The molecule has 2 nitrogen and oxygen atoms in total. The van der Waals surface area contributed by atoms with E-state index in [0.717, 1.165) is 5.56 Å². The first-order chi connectivity index (χ1) is 9.61. The molecule has 2 rings (SSSR count). The number of aryl methyl sites for hydroxylation is 1.